The first-order valence-corrected chi connectivity index (χ1v) is 6.58. The molecule has 0 unspecified atom stereocenters. The van der Waals surface area contributed by atoms with Crippen molar-refractivity contribution in [3.63, 3.8) is 0 Å². The van der Waals surface area contributed by atoms with Gasteiger partial charge in [-0.25, -0.2) is 4.98 Å². The molecule has 20 heavy (non-hydrogen) atoms. The number of methoxy groups -OCH3 is 1. The van der Waals surface area contributed by atoms with E-state index in [0.29, 0.717) is 19.5 Å². The lowest BCUT2D eigenvalue weighted by molar-refractivity contribution is -0.140. The Kier molecular flexibility index (Phi) is 4.90. The highest BCUT2D eigenvalue weighted by atomic mass is 16.5. The van der Waals surface area contributed by atoms with Crippen molar-refractivity contribution in [3.05, 3.63) is 48.0 Å². The number of hydrogen-bond donors (Lipinski definition) is 1. The third kappa shape index (κ3) is 3.45. The predicted molar refractivity (Wildman–Crippen MR) is 76.6 cm³/mol. The monoisotopic (exact) mass is 273 g/mol. The fraction of sp³-hybridized carbons (Fsp3) is 0.333. The zero-order chi connectivity index (χ0) is 14.4. The molecule has 0 fully saturated rings. The summed E-state index contributed by atoms with van der Waals surface area (Å²) in [5, 5.41) is 3.23. The third-order valence-corrected chi connectivity index (χ3v) is 3.07. The van der Waals surface area contributed by atoms with Crippen LogP contribution in [-0.4, -0.2) is 29.2 Å². The van der Waals surface area contributed by atoms with Crippen LogP contribution >= 0.6 is 0 Å². The van der Waals surface area contributed by atoms with Crippen molar-refractivity contribution < 1.29 is 9.53 Å². The molecule has 1 heterocycles. The van der Waals surface area contributed by atoms with E-state index in [4.69, 9.17) is 0 Å². The van der Waals surface area contributed by atoms with Gasteiger partial charge in [-0.3, -0.25) is 9.36 Å². The van der Waals surface area contributed by atoms with Crippen molar-refractivity contribution in [2.24, 2.45) is 0 Å². The van der Waals surface area contributed by atoms with Gasteiger partial charge in [0, 0.05) is 18.8 Å². The van der Waals surface area contributed by atoms with Crippen molar-refractivity contribution in [1.82, 2.24) is 14.9 Å². The maximum Gasteiger partial charge on any atom is 0.306 e. The molecule has 0 radical (unpaired) electrons. The Morgan fingerprint density at radius 3 is 2.80 bits per heavy atom. The molecule has 5 nitrogen and oxygen atoms in total. The van der Waals surface area contributed by atoms with Crippen LogP contribution in [-0.2, 0) is 16.1 Å². The summed E-state index contributed by atoms with van der Waals surface area (Å²) < 4.78 is 6.71. The van der Waals surface area contributed by atoms with Crippen LogP contribution in [0.4, 0.5) is 0 Å². The fourth-order valence-electron chi connectivity index (χ4n) is 2.05. The first-order chi connectivity index (χ1) is 9.72. The molecule has 106 valence electrons. The SMILES string of the molecule is COC(=O)CCNCc1cnc(C)n1-c1ccccc1. The number of aromatic nitrogens is 2. The van der Waals surface area contributed by atoms with Crippen LogP contribution in [0.15, 0.2) is 36.5 Å². The Hall–Kier alpha value is -2.14. The molecular formula is C15H19N3O2. The van der Waals surface area contributed by atoms with E-state index in [2.05, 4.69) is 19.6 Å². The van der Waals surface area contributed by atoms with Gasteiger partial charge in [0.15, 0.2) is 0 Å². The zero-order valence-electron chi connectivity index (χ0n) is 11.8. The van der Waals surface area contributed by atoms with E-state index in [1.165, 1.54) is 7.11 Å². The van der Waals surface area contributed by atoms with Gasteiger partial charge in [-0.15, -0.1) is 0 Å². The lowest BCUT2D eigenvalue weighted by Gasteiger charge is -2.11. The Bertz CT molecular complexity index is 564. The molecule has 0 spiro atoms. The van der Waals surface area contributed by atoms with Crippen molar-refractivity contribution in [2.45, 2.75) is 19.9 Å². The van der Waals surface area contributed by atoms with Gasteiger partial charge in [0.1, 0.15) is 5.82 Å². The average Bonchev–Trinajstić information content (AvgIpc) is 2.85. The largest absolute Gasteiger partial charge is 0.469 e. The molecular weight excluding hydrogens is 254 g/mol. The minimum absolute atomic E-state index is 0.203. The minimum atomic E-state index is -0.203. The van der Waals surface area contributed by atoms with E-state index in [1.54, 1.807) is 0 Å². The molecule has 2 aromatic rings. The molecule has 0 aliphatic heterocycles. The lowest BCUT2D eigenvalue weighted by atomic mass is 10.3. The van der Waals surface area contributed by atoms with Crippen molar-refractivity contribution in [1.29, 1.82) is 0 Å². The highest BCUT2D eigenvalue weighted by molar-refractivity contribution is 5.69. The standard InChI is InChI=1S/C15H19N3O2/c1-12-17-11-14(10-16-9-8-15(19)20-2)18(12)13-6-4-3-5-7-13/h3-7,11,16H,8-10H2,1-2H3. The maximum absolute atomic E-state index is 11.0. The van der Waals surface area contributed by atoms with Crippen LogP contribution in [0.25, 0.3) is 5.69 Å². The van der Waals surface area contributed by atoms with Gasteiger partial charge in [-0.05, 0) is 19.1 Å². The van der Waals surface area contributed by atoms with E-state index in [9.17, 15) is 4.79 Å². The number of rotatable bonds is 6. The molecule has 0 aliphatic rings. The van der Waals surface area contributed by atoms with Gasteiger partial charge in [0.25, 0.3) is 0 Å². The van der Waals surface area contributed by atoms with E-state index < -0.39 is 0 Å². The highest BCUT2D eigenvalue weighted by Gasteiger charge is 2.08. The van der Waals surface area contributed by atoms with Crippen LogP contribution in [0, 0.1) is 6.92 Å². The quantitative estimate of drug-likeness (QED) is 0.644. The second-order valence-electron chi connectivity index (χ2n) is 4.47. The van der Waals surface area contributed by atoms with Crippen molar-refractivity contribution in [3.8, 4) is 5.69 Å². The number of para-hydroxylation sites is 1. The number of nitrogens with one attached hydrogen (secondary N) is 1. The maximum atomic E-state index is 11.0. The molecule has 0 amide bonds. The van der Waals surface area contributed by atoms with Crippen LogP contribution in [0.2, 0.25) is 0 Å². The fourth-order valence-corrected chi connectivity index (χ4v) is 2.05. The van der Waals surface area contributed by atoms with Gasteiger partial charge >= 0.3 is 5.97 Å². The normalized spacial score (nSPS) is 10.5. The highest BCUT2D eigenvalue weighted by Crippen LogP contribution is 2.14. The van der Waals surface area contributed by atoms with Crippen molar-refractivity contribution in [2.75, 3.05) is 13.7 Å². The number of aryl methyl sites for hydroxylation is 1. The van der Waals surface area contributed by atoms with E-state index in [-0.39, 0.29) is 5.97 Å². The number of ether oxygens (including phenoxy) is 1. The van der Waals surface area contributed by atoms with Crippen LogP contribution in [0.3, 0.4) is 0 Å². The van der Waals surface area contributed by atoms with Gasteiger partial charge in [0.05, 0.1) is 25.4 Å². The first-order valence-electron chi connectivity index (χ1n) is 6.58. The van der Waals surface area contributed by atoms with Crippen LogP contribution in [0.1, 0.15) is 17.9 Å². The smallest absolute Gasteiger partial charge is 0.306 e. The van der Waals surface area contributed by atoms with Gasteiger partial charge in [-0.1, -0.05) is 18.2 Å². The topological polar surface area (TPSA) is 56.1 Å². The number of benzene rings is 1. The van der Waals surface area contributed by atoms with Crippen LogP contribution in [0.5, 0.6) is 0 Å². The number of carbonyl (C=O) groups excluding carboxylic acids is 1. The number of imidazole rings is 1. The summed E-state index contributed by atoms with van der Waals surface area (Å²) in [6.07, 6.45) is 2.22. The number of esters is 1. The third-order valence-electron chi connectivity index (χ3n) is 3.07. The Morgan fingerprint density at radius 1 is 1.35 bits per heavy atom. The van der Waals surface area contributed by atoms with Gasteiger partial charge in [0.2, 0.25) is 0 Å². The molecule has 2 rings (SSSR count). The molecule has 1 aromatic carbocycles. The molecule has 0 bridgehead atoms. The summed E-state index contributed by atoms with van der Waals surface area (Å²) in [6.45, 7) is 3.23. The number of carbonyl (C=O) groups is 1. The Labute approximate surface area is 118 Å². The van der Waals surface area contributed by atoms with Crippen molar-refractivity contribution >= 4 is 5.97 Å². The molecule has 0 atom stereocenters. The van der Waals surface area contributed by atoms with Crippen LogP contribution < -0.4 is 5.32 Å². The number of nitrogens with zero attached hydrogens (tertiary/aromatic N) is 2. The zero-order valence-corrected chi connectivity index (χ0v) is 11.8. The molecule has 0 aliphatic carbocycles. The molecule has 0 saturated carbocycles. The minimum Gasteiger partial charge on any atom is -0.469 e. The summed E-state index contributed by atoms with van der Waals surface area (Å²) in [6, 6.07) is 10.1. The Morgan fingerprint density at radius 2 is 2.10 bits per heavy atom. The molecule has 5 heteroatoms. The van der Waals surface area contributed by atoms with E-state index in [0.717, 1.165) is 17.2 Å². The van der Waals surface area contributed by atoms with E-state index >= 15 is 0 Å². The summed E-state index contributed by atoms with van der Waals surface area (Å²) >= 11 is 0. The van der Waals surface area contributed by atoms with Gasteiger partial charge < -0.3 is 10.1 Å². The average molecular weight is 273 g/mol. The molecule has 1 N–H and O–H groups in total. The summed E-state index contributed by atoms with van der Waals surface area (Å²) in [7, 11) is 1.40. The molecule has 0 saturated heterocycles. The predicted octanol–water partition coefficient (Wildman–Crippen LogP) is 1.83. The molecule has 1 aromatic heterocycles. The van der Waals surface area contributed by atoms with Gasteiger partial charge in [-0.2, -0.15) is 0 Å². The Balaban J connectivity index is 2.01. The lowest BCUT2D eigenvalue weighted by Crippen LogP contribution is -2.20. The second-order valence-corrected chi connectivity index (χ2v) is 4.47. The summed E-state index contributed by atoms with van der Waals surface area (Å²) in [5.74, 6) is 0.742. The first kappa shape index (κ1) is 14.3. The summed E-state index contributed by atoms with van der Waals surface area (Å²) in [4.78, 5) is 15.4. The summed E-state index contributed by atoms with van der Waals surface area (Å²) in [5.41, 5.74) is 2.16. The second kappa shape index (κ2) is 6.86. The number of hydrogen-bond acceptors (Lipinski definition) is 4. The van der Waals surface area contributed by atoms with E-state index in [1.807, 2.05) is 43.5 Å².